The Morgan fingerprint density at radius 2 is 1.96 bits per heavy atom. The molecule has 1 N–H and O–H groups in total. The molecular formula is C19H18ClN3O3. The Kier molecular flexibility index (Phi) is 5.23. The third-order valence-corrected chi connectivity index (χ3v) is 4.43. The third-order valence-electron chi connectivity index (χ3n) is 4.02. The van der Waals surface area contributed by atoms with E-state index in [1.807, 2.05) is 25.1 Å². The minimum Gasteiger partial charge on any atom is -0.495 e. The molecule has 26 heavy (non-hydrogen) atoms. The second-order valence-corrected chi connectivity index (χ2v) is 6.25. The Labute approximate surface area is 156 Å². The summed E-state index contributed by atoms with van der Waals surface area (Å²) >= 11 is 6.09. The molecule has 0 atom stereocenters. The van der Waals surface area contributed by atoms with Crippen LogP contribution in [0.15, 0.2) is 47.6 Å². The molecule has 1 heterocycles. The van der Waals surface area contributed by atoms with E-state index in [1.54, 1.807) is 24.3 Å². The molecule has 0 bridgehead atoms. The molecule has 0 aromatic heterocycles. The van der Waals surface area contributed by atoms with Crippen LogP contribution in [0.1, 0.15) is 18.4 Å². The number of nitrogens with zero attached hydrogens (tertiary/aromatic N) is 2. The Hall–Kier alpha value is -2.86. The van der Waals surface area contributed by atoms with Crippen LogP contribution in [-0.2, 0) is 9.59 Å². The van der Waals surface area contributed by atoms with E-state index in [0.29, 0.717) is 22.1 Å². The number of ether oxygens (including phenoxy) is 1. The van der Waals surface area contributed by atoms with Crippen LogP contribution in [-0.4, -0.2) is 24.6 Å². The number of methoxy groups -OCH3 is 1. The second-order valence-electron chi connectivity index (χ2n) is 5.84. The van der Waals surface area contributed by atoms with Crippen molar-refractivity contribution in [3.8, 4) is 5.75 Å². The van der Waals surface area contributed by atoms with Crippen LogP contribution >= 0.6 is 11.6 Å². The molecule has 0 aliphatic carbocycles. The van der Waals surface area contributed by atoms with Crippen molar-refractivity contribution in [1.29, 1.82) is 0 Å². The lowest BCUT2D eigenvalue weighted by molar-refractivity contribution is -0.118. The van der Waals surface area contributed by atoms with Crippen molar-refractivity contribution in [1.82, 2.24) is 0 Å². The lowest BCUT2D eigenvalue weighted by atomic mass is 10.1. The Morgan fingerprint density at radius 3 is 2.65 bits per heavy atom. The molecule has 3 rings (SSSR count). The van der Waals surface area contributed by atoms with Gasteiger partial charge in [-0.25, -0.2) is 5.01 Å². The second kappa shape index (κ2) is 7.58. The molecule has 2 aromatic carbocycles. The van der Waals surface area contributed by atoms with Crippen molar-refractivity contribution < 1.29 is 14.3 Å². The Morgan fingerprint density at radius 1 is 1.23 bits per heavy atom. The molecule has 0 unspecified atom stereocenters. The topological polar surface area (TPSA) is 71.0 Å². The van der Waals surface area contributed by atoms with Crippen LogP contribution in [0.4, 0.5) is 11.4 Å². The van der Waals surface area contributed by atoms with Gasteiger partial charge in [0, 0.05) is 23.9 Å². The average molecular weight is 372 g/mol. The largest absolute Gasteiger partial charge is 0.495 e. The number of carbonyl (C=O) groups is 2. The van der Waals surface area contributed by atoms with Gasteiger partial charge in [0.25, 0.3) is 5.91 Å². The molecule has 6 nitrogen and oxygen atoms in total. The van der Waals surface area contributed by atoms with E-state index < -0.39 is 0 Å². The lowest BCUT2D eigenvalue weighted by Gasteiger charge is -2.23. The smallest absolute Gasteiger partial charge is 0.271 e. The SMILES string of the molecule is COc1cc(Cl)c(C)cc1NC(=O)C1=NN(c2ccccc2)C(=O)CC1. The van der Waals surface area contributed by atoms with E-state index in [9.17, 15) is 9.59 Å². The minimum atomic E-state index is -0.376. The molecule has 1 aliphatic heterocycles. The summed E-state index contributed by atoms with van der Waals surface area (Å²) < 4.78 is 5.27. The Bertz CT molecular complexity index is 881. The highest BCUT2D eigenvalue weighted by Gasteiger charge is 2.26. The highest BCUT2D eigenvalue weighted by Crippen LogP contribution is 2.31. The van der Waals surface area contributed by atoms with Crippen LogP contribution < -0.4 is 15.1 Å². The number of hydrazone groups is 1. The van der Waals surface area contributed by atoms with Crippen molar-refractivity contribution in [2.75, 3.05) is 17.4 Å². The van der Waals surface area contributed by atoms with E-state index in [2.05, 4.69) is 10.4 Å². The van der Waals surface area contributed by atoms with Crippen LogP contribution in [0.5, 0.6) is 5.75 Å². The van der Waals surface area contributed by atoms with E-state index in [-0.39, 0.29) is 30.4 Å². The lowest BCUT2D eigenvalue weighted by Crippen LogP contribution is -2.36. The van der Waals surface area contributed by atoms with E-state index in [1.165, 1.54) is 12.1 Å². The number of halogens is 1. The molecule has 0 saturated carbocycles. The number of hydrogen-bond donors (Lipinski definition) is 1. The van der Waals surface area contributed by atoms with E-state index in [4.69, 9.17) is 16.3 Å². The number of nitrogens with one attached hydrogen (secondary N) is 1. The number of hydrogen-bond acceptors (Lipinski definition) is 4. The molecule has 134 valence electrons. The fraction of sp³-hybridized carbons (Fsp3) is 0.211. The minimum absolute atomic E-state index is 0.146. The fourth-order valence-corrected chi connectivity index (χ4v) is 2.77. The standard InChI is InChI=1S/C19H18ClN3O3/c1-12-10-16(17(26-2)11-14(12)20)21-19(25)15-8-9-18(24)23(22-15)13-6-4-3-5-7-13/h3-7,10-11H,8-9H2,1-2H3,(H,21,25). The maximum Gasteiger partial charge on any atom is 0.271 e. The Balaban J connectivity index is 1.86. The first kappa shape index (κ1) is 17.9. The van der Waals surface area contributed by atoms with E-state index in [0.717, 1.165) is 5.56 Å². The van der Waals surface area contributed by atoms with Gasteiger partial charge in [-0.3, -0.25) is 9.59 Å². The summed E-state index contributed by atoms with van der Waals surface area (Å²) in [5, 5.41) is 8.86. The first-order valence-electron chi connectivity index (χ1n) is 8.10. The predicted molar refractivity (Wildman–Crippen MR) is 102 cm³/mol. The zero-order valence-electron chi connectivity index (χ0n) is 14.5. The summed E-state index contributed by atoms with van der Waals surface area (Å²) in [4.78, 5) is 24.8. The van der Waals surface area contributed by atoms with Gasteiger partial charge in [-0.05, 0) is 30.7 Å². The summed E-state index contributed by atoms with van der Waals surface area (Å²) in [6, 6.07) is 12.4. The molecule has 7 heteroatoms. The maximum absolute atomic E-state index is 12.6. The molecule has 0 radical (unpaired) electrons. The van der Waals surface area contributed by atoms with Crippen LogP contribution in [0.3, 0.4) is 0 Å². The van der Waals surface area contributed by atoms with Gasteiger partial charge in [-0.2, -0.15) is 5.10 Å². The van der Waals surface area contributed by atoms with Gasteiger partial charge in [0.15, 0.2) is 0 Å². The first-order valence-corrected chi connectivity index (χ1v) is 8.48. The number of carbonyl (C=O) groups excluding carboxylic acids is 2. The molecule has 2 amide bonds. The highest BCUT2D eigenvalue weighted by atomic mass is 35.5. The summed E-state index contributed by atoms with van der Waals surface area (Å²) in [7, 11) is 1.50. The van der Waals surface area contributed by atoms with Gasteiger partial charge in [0.2, 0.25) is 5.91 Å². The number of anilines is 2. The van der Waals surface area contributed by atoms with Crippen LogP contribution in [0.25, 0.3) is 0 Å². The first-order chi connectivity index (χ1) is 12.5. The average Bonchev–Trinajstić information content (AvgIpc) is 2.65. The summed E-state index contributed by atoms with van der Waals surface area (Å²) in [5.41, 5.74) is 2.23. The predicted octanol–water partition coefficient (Wildman–Crippen LogP) is 3.78. The molecule has 0 saturated heterocycles. The van der Waals surface area contributed by atoms with Gasteiger partial charge in [-0.15, -0.1) is 0 Å². The zero-order valence-corrected chi connectivity index (χ0v) is 15.2. The van der Waals surface area contributed by atoms with E-state index >= 15 is 0 Å². The molecule has 2 aromatic rings. The summed E-state index contributed by atoms with van der Waals surface area (Å²) in [5.74, 6) is -0.0625. The van der Waals surface area contributed by atoms with Crippen molar-refractivity contribution in [3.05, 3.63) is 53.1 Å². The highest BCUT2D eigenvalue weighted by molar-refractivity contribution is 6.44. The monoisotopic (exact) mass is 371 g/mol. The molecule has 1 aliphatic rings. The van der Waals surface area contributed by atoms with Gasteiger partial charge in [-0.1, -0.05) is 29.8 Å². The van der Waals surface area contributed by atoms with Gasteiger partial charge < -0.3 is 10.1 Å². The van der Waals surface area contributed by atoms with Crippen molar-refractivity contribution in [3.63, 3.8) is 0 Å². The van der Waals surface area contributed by atoms with Gasteiger partial charge in [0.05, 0.1) is 18.5 Å². The fourth-order valence-electron chi connectivity index (χ4n) is 2.61. The zero-order chi connectivity index (χ0) is 18.7. The van der Waals surface area contributed by atoms with Crippen molar-refractivity contribution in [2.24, 2.45) is 5.10 Å². The summed E-state index contributed by atoms with van der Waals surface area (Å²) in [6.07, 6.45) is 0.501. The quantitative estimate of drug-likeness (QED) is 0.889. The normalized spacial score (nSPS) is 14.0. The van der Waals surface area contributed by atoms with Gasteiger partial charge >= 0.3 is 0 Å². The summed E-state index contributed by atoms with van der Waals surface area (Å²) in [6.45, 7) is 1.84. The number of rotatable bonds is 4. The number of amides is 2. The third kappa shape index (κ3) is 3.70. The van der Waals surface area contributed by atoms with Crippen molar-refractivity contribution >= 4 is 40.5 Å². The molecular weight excluding hydrogens is 354 g/mol. The maximum atomic E-state index is 12.6. The molecule has 0 fully saturated rings. The number of para-hydroxylation sites is 1. The number of aryl methyl sites for hydroxylation is 1. The van der Waals surface area contributed by atoms with Crippen LogP contribution in [0.2, 0.25) is 5.02 Å². The number of benzene rings is 2. The van der Waals surface area contributed by atoms with Crippen molar-refractivity contribution in [2.45, 2.75) is 19.8 Å². The molecule has 0 spiro atoms. The van der Waals surface area contributed by atoms with Gasteiger partial charge in [0.1, 0.15) is 11.5 Å². The van der Waals surface area contributed by atoms with Crippen LogP contribution in [0, 0.1) is 6.92 Å².